The van der Waals surface area contributed by atoms with Crippen LogP contribution in [-0.4, -0.2) is 86.5 Å². The average molecular weight is 598 g/mol. The van der Waals surface area contributed by atoms with E-state index in [1.54, 1.807) is 25.1 Å². The summed E-state index contributed by atoms with van der Waals surface area (Å²) < 4.78 is 40.7. The zero-order chi connectivity index (χ0) is 30.8. The minimum atomic E-state index is -1.42. The molecule has 1 aliphatic heterocycles. The lowest BCUT2D eigenvalue weighted by Crippen LogP contribution is -2.63. The van der Waals surface area contributed by atoms with Crippen molar-refractivity contribution in [1.29, 1.82) is 5.26 Å². The van der Waals surface area contributed by atoms with Crippen molar-refractivity contribution < 1.29 is 38.4 Å². The molecule has 1 amide bonds. The molecule has 3 N–H and O–H groups in total. The van der Waals surface area contributed by atoms with E-state index in [4.69, 9.17) is 9.47 Å². The number of nitrogens with zero attached hydrogens (tertiary/aromatic N) is 5. The number of aromatic nitrogens is 3. The van der Waals surface area contributed by atoms with E-state index in [-0.39, 0.29) is 11.3 Å². The van der Waals surface area contributed by atoms with Crippen LogP contribution >= 0.6 is 0 Å². The summed E-state index contributed by atoms with van der Waals surface area (Å²) >= 11 is 0. The Hall–Kier alpha value is -3.80. The molecule has 13 heteroatoms. The van der Waals surface area contributed by atoms with Crippen molar-refractivity contribution >= 4 is 11.6 Å². The van der Waals surface area contributed by atoms with E-state index in [1.807, 2.05) is 0 Å². The van der Waals surface area contributed by atoms with Gasteiger partial charge in [0, 0.05) is 24.4 Å². The lowest BCUT2D eigenvalue weighted by molar-refractivity contribution is -0.211. The number of hydrogen-bond acceptors (Lipinski definition) is 9. The molecule has 1 saturated heterocycles. The molecule has 1 aromatic heterocycles. The summed E-state index contributed by atoms with van der Waals surface area (Å²) in [7, 11) is 1.33. The van der Waals surface area contributed by atoms with E-state index in [2.05, 4.69) is 16.4 Å². The molecule has 2 aliphatic rings. The molecule has 1 aliphatic carbocycles. The molecule has 2 fully saturated rings. The Bertz CT molecular complexity index is 1490. The molecule has 3 aromatic rings. The topological polar surface area (TPSA) is 154 Å². The maximum Gasteiger partial charge on any atom is 0.259 e. The van der Waals surface area contributed by atoms with Crippen molar-refractivity contribution in [2.24, 2.45) is 0 Å². The van der Waals surface area contributed by atoms with E-state index in [0.29, 0.717) is 24.1 Å². The highest BCUT2D eigenvalue weighted by atomic mass is 19.1. The van der Waals surface area contributed by atoms with Crippen molar-refractivity contribution in [3.05, 3.63) is 65.4 Å². The zero-order valence-electron chi connectivity index (χ0n) is 23.7. The monoisotopic (exact) mass is 597 g/mol. The molecule has 11 nitrogen and oxygen atoms in total. The van der Waals surface area contributed by atoms with E-state index < -0.39 is 66.8 Å². The van der Waals surface area contributed by atoms with Crippen molar-refractivity contribution in [2.75, 3.05) is 18.6 Å². The molecule has 2 aromatic carbocycles. The van der Waals surface area contributed by atoms with Crippen LogP contribution in [0.2, 0.25) is 0 Å². The number of ether oxygens (including phenoxy) is 2. The first-order valence-corrected chi connectivity index (χ1v) is 14.0. The molecule has 43 heavy (non-hydrogen) atoms. The second-order valence-electron chi connectivity index (χ2n) is 11.0. The molecule has 2 heterocycles. The number of carbonyl (C=O) groups is 1. The number of halogens is 2. The summed E-state index contributed by atoms with van der Waals surface area (Å²) in [6, 6.07) is 8.23. The fourth-order valence-corrected chi connectivity index (χ4v) is 6.09. The van der Waals surface area contributed by atoms with Crippen molar-refractivity contribution in [3.8, 4) is 17.3 Å². The van der Waals surface area contributed by atoms with Gasteiger partial charge in [0.1, 0.15) is 41.7 Å². The van der Waals surface area contributed by atoms with Crippen LogP contribution in [0.25, 0.3) is 11.3 Å². The van der Waals surface area contributed by atoms with E-state index in [0.717, 1.165) is 36.6 Å². The predicted octanol–water partition coefficient (Wildman–Crippen LogP) is 2.42. The Balaban J connectivity index is 1.56. The van der Waals surface area contributed by atoms with Gasteiger partial charge < -0.3 is 29.7 Å². The second-order valence-corrected chi connectivity index (χ2v) is 11.0. The van der Waals surface area contributed by atoms with Gasteiger partial charge in [0.15, 0.2) is 6.10 Å². The second kappa shape index (κ2) is 12.8. The Morgan fingerprint density at radius 1 is 1.16 bits per heavy atom. The van der Waals surface area contributed by atoms with E-state index in [1.165, 1.54) is 22.9 Å². The Kier molecular flexibility index (Phi) is 9.14. The summed E-state index contributed by atoms with van der Waals surface area (Å²) in [6.07, 6.45) is -2.17. The SMILES string of the molecule is CO[C@@H]1[C@@H](n2cc(-c3cc(F)cc(F)c3)nn2)[C@@H](O)[C@@H](CO)O[C@H]1C(=O)N(c1cc(C)cc(C#N)c1)[C@H]1CCCC[C@@H]1O. The number of aryl methyl sites for hydroxylation is 1. The highest BCUT2D eigenvalue weighted by Crippen LogP contribution is 2.37. The van der Waals surface area contributed by atoms with Gasteiger partial charge in [0.05, 0.1) is 36.6 Å². The highest BCUT2D eigenvalue weighted by molar-refractivity contribution is 5.98. The van der Waals surface area contributed by atoms with Crippen molar-refractivity contribution in [3.63, 3.8) is 0 Å². The molecule has 5 rings (SSSR count). The fraction of sp³-hybridized carbons (Fsp3) is 0.467. The van der Waals surface area contributed by atoms with Gasteiger partial charge in [-0.1, -0.05) is 18.1 Å². The number of aliphatic hydroxyl groups excluding tert-OH is 3. The van der Waals surface area contributed by atoms with Crippen LogP contribution in [-0.2, 0) is 14.3 Å². The average Bonchev–Trinajstić information content (AvgIpc) is 3.47. The van der Waals surface area contributed by atoms with Crippen LogP contribution in [0.15, 0.2) is 42.6 Å². The number of nitriles is 1. The summed E-state index contributed by atoms with van der Waals surface area (Å²) in [4.78, 5) is 15.9. The summed E-state index contributed by atoms with van der Waals surface area (Å²) in [5.41, 5.74) is 1.67. The first-order chi connectivity index (χ1) is 20.6. The van der Waals surface area contributed by atoms with Gasteiger partial charge in [0.2, 0.25) is 0 Å². The van der Waals surface area contributed by atoms with Gasteiger partial charge in [-0.25, -0.2) is 13.5 Å². The van der Waals surface area contributed by atoms with Crippen LogP contribution in [0.5, 0.6) is 0 Å². The van der Waals surface area contributed by atoms with Crippen LogP contribution in [0.4, 0.5) is 14.5 Å². The summed E-state index contributed by atoms with van der Waals surface area (Å²) in [5.74, 6) is -2.22. The van der Waals surface area contributed by atoms with Gasteiger partial charge in [-0.05, 0) is 55.7 Å². The number of aliphatic hydroxyl groups is 3. The van der Waals surface area contributed by atoms with Crippen LogP contribution in [0.1, 0.15) is 42.9 Å². The standard InChI is InChI=1S/C30H33F2N5O6/c1-16-7-17(13-33)9-21(8-16)37(23-5-3-4-6-24(23)39)30(41)29-28(42-2)26(27(40)25(15-38)43-29)36-14-22(34-35-36)18-10-19(31)12-20(32)11-18/h7-12,14,23-29,38-40H,3-6,15H2,1-2H3/t23-,24-,25+,26-,27-,28+,29+/m0/s1. The third kappa shape index (κ3) is 6.15. The predicted molar refractivity (Wildman–Crippen MR) is 149 cm³/mol. The first-order valence-electron chi connectivity index (χ1n) is 14.0. The summed E-state index contributed by atoms with van der Waals surface area (Å²) in [5, 5.41) is 50.0. The smallest absolute Gasteiger partial charge is 0.259 e. The summed E-state index contributed by atoms with van der Waals surface area (Å²) in [6.45, 7) is 1.14. The normalized spacial score (nSPS) is 27.4. The molecular weight excluding hydrogens is 564 g/mol. The number of rotatable bonds is 7. The van der Waals surface area contributed by atoms with Gasteiger partial charge in [-0.3, -0.25) is 4.79 Å². The number of amides is 1. The number of hydrogen-bond donors (Lipinski definition) is 3. The third-order valence-electron chi connectivity index (χ3n) is 8.09. The van der Waals surface area contributed by atoms with Crippen LogP contribution < -0.4 is 4.90 Å². The van der Waals surface area contributed by atoms with Crippen LogP contribution in [0, 0.1) is 29.9 Å². The quantitative estimate of drug-likeness (QED) is 0.373. The van der Waals surface area contributed by atoms with Crippen molar-refractivity contribution in [2.45, 2.75) is 75.2 Å². The Morgan fingerprint density at radius 3 is 2.53 bits per heavy atom. The number of anilines is 1. The van der Waals surface area contributed by atoms with Crippen LogP contribution in [0.3, 0.4) is 0 Å². The minimum absolute atomic E-state index is 0.103. The highest BCUT2D eigenvalue weighted by Gasteiger charge is 2.52. The maximum absolute atomic E-state index is 14.5. The molecule has 0 radical (unpaired) electrons. The lowest BCUT2D eigenvalue weighted by Gasteiger charge is -2.46. The fourth-order valence-electron chi connectivity index (χ4n) is 6.09. The zero-order valence-corrected chi connectivity index (χ0v) is 23.7. The molecule has 0 bridgehead atoms. The molecule has 228 valence electrons. The van der Waals surface area contributed by atoms with E-state index >= 15 is 0 Å². The largest absolute Gasteiger partial charge is 0.394 e. The molecule has 0 unspecified atom stereocenters. The minimum Gasteiger partial charge on any atom is -0.394 e. The van der Waals surface area contributed by atoms with Gasteiger partial charge in [-0.15, -0.1) is 5.10 Å². The van der Waals surface area contributed by atoms with Gasteiger partial charge >= 0.3 is 0 Å². The third-order valence-corrected chi connectivity index (χ3v) is 8.09. The number of methoxy groups -OCH3 is 1. The number of benzene rings is 2. The molecular formula is C30H33F2N5O6. The van der Waals surface area contributed by atoms with E-state index in [9.17, 15) is 34.2 Å². The number of carbonyl (C=O) groups excluding carboxylic acids is 1. The molecule has 7 atom stereocenters. The maximum atomic E-state index is 14.5. The van der Waals surface area contributed by atoms with Crippen molar-refractivity contribution in [1.82, 2.24) is 15.0 Å². The Morgan fingerprint density at radius 2 is 1.88 bits per heavy atom. The van der Waals surface area contributed by atoms with Gasteiger partial charge in [0.25, 0.3) is 5.91 Å². The van der Waals surface area contributed by atoms with Gasteiger partial charge in [-0.2, -0.15) is 5.26 Å². The lowest BCUT2D eigenvalue weighted by atomic mass is 9.88. The first kappa shape index (κ1) is 30.7. The Labute approximate surface area is 246 Å². The molecule has 1 saturated carbocycles. The molecule has 0 spiro atoms.